The number of hydrogen-bond acceptors (Lipinski definition) is 4. The summed E-state index contributed by atoms with van der Waals surface area (Å²) in [7, 11) is 0. The van der Waals surface area contributed by atoms with Gasteiger partial charge < -0.3 is 0 Å². The molecule has 0 N–H and O–H groups in total. The molecule has 9 heteroatoms. The Morgan fingerprint density at radius 1 is 0.650 bits per heavy atom. The van der Waals surface area contributed by atoms with Crippen LogP contribution >= 0.6 is 0 Å². The number of halogens is 4. The van der Waals surface area contributed by atoms with E-state index in [1.807, 2.05) is 24.3 Å². The molecule has 0 bridgehead atoms. The van der Waals surface area contributed by atoms with Crippen LogP contribution in [0.5, 0.6) is 0 Å². The Morgan fingerprint density at radius 3 is 1.50 bits per heavy atom. The Morgan fingerprint density at radius 2 is 1.07 bits per heavy atom. The zero-order valence-corrected chi connectivity index (χ0v) is 21.5. The Hall–Kier alpha value is -4.66. The van der Waals surface area contributed by atoms with Crippen molar-refractivity contribution in [3.63, 3.8) is 0 Å². The summed E-state index contributed by atoms with van der Waals surface area (Å²) in [6.45, 7) is 6.16. The van der Waals surface area contributed by atoms with Crippen molar-refractivity contribution in [1.29, 1.82) is 0 Å². The quantitative estimate of drug-likeness (QED) is 0.233. The van der Waals surface area contributed by atoms with E-state index in [1.54, 1.807) is 0 Å². The second-order valence-corrected chi connectivity index (χ2v) is 11.1. The highest BCUT2D eigenvalue weighted by Gasteiger charge is 2.27. The molecule has 7 aromatic rings. The van der Waals surface area contributed by atoms with Crippen LogP contribution in [-0.4, -0.2) is 14.5 Å². The van der Waals surface area contributed by atoms with Crippen LogP contribution in [0, 0.1) is 23.3 Å². The van der Waals surface area contributed by atoms with Crippen molar-refractivity contribution in [3.8, 4) is 0 Å². The fourth-order valence-electron chi connectivity index (χ4n) is 5.59. The van der Waals surface area contributed by atoms with E-state index in [-0.39, 0.29) is 66.3 Å². The molecule has 3 aromatic heterocycles. The van der Waals surface area contributed by atoms with Gasteiger partial charge in [-0.2, -0.15) is 0 Å². The third-order valence-electron chi connectivity index (χ3n) is 7.61. The summed E-state index contributed by atoms with van der Waals surface area (Å²) in [6.07, 6.45) is 0. The van der Waals surface area contributed by atoms with Crippen LogP contribution in [0.15, 0.2) is 58.1 Å². The van der Waals surface area contributed by atoms with E-state index in [1.165, 1.54) is 0 Å². The van der Waals surface area contributed by atoms with Gasteiger partial charge in [-0.25, -0.2) is 27.5 Å². The molecule has 0 radical (unpaired) electrons. The van der Waals surface area contributed by atoms with E-state index in [2.05, 4.69) is 30.7 Å². The summed E-state index contributed by atoms with van der Waals surface area (Å²) >= 11 is 0. The predicted octanol–water partition coefficient (Wildman–Crippen LogP) is 6.54. The molecule has 0 saturated heterocycles. The number of benzene rings is 4. The van der Waals surface area contributed by atoms with Gasteiger partial charge in [-0.3, -0.25) is 14.2 Å². The third-order valence-corrected chi connectivity index (χ3v) is 7.61. The van der Waals surface area contributed by atoms with Gasteiger partial charge in [0.25, 0.3) is 11.1 Å². The van der Waals surface area contributed by atoms with Crippen LogP contribution < -0.4 is 11.1 Å². The van der Waals surface area contributed by atoms with Crippen LogP contribution in [-0.2, 0) is 12.0 Å². The lowest BCUT2D eigenvalue weighted by molar-refractivity contribution is 0.511. The maximum Gasteiger partial charge on any atom is 0.262 e. The van der Waals surface area contributed by atoms with Crippen molar-refractivity contribution < 1.29 is 17.6 Å². The fraction of sp³-hybridized carbons (Fsp3) is 0.161. The number of rotatable bonds is 2. The molecule has 7 rings (SSSR count). The minimum Gasteiger partial charge on any atom is -0.270 e. The number of fused-ring (bicyclic) bond motifs is 10. The molecule has 40 heavy (non-hydrogen) atoms. The van der Waals surface area contributed by atoms with Crippen molar-refractivity contribution >= 4 is 54.4 Å². The number of aromatic nitrogens is 3. The first-order valence-electron chi connectivity index (χ1n) is 12.6. The summed E-state index contributed by atoms with van der Waals surface area (Å²) in [5.41, 5.74) is 0.736. The lowest BCUT2D eigenvalue weighted by Gasteiger charge is -2.19. The van der Waals surface area contributed by atoms with E-state index < -0.39 is 34.4 Å². The van der Waals surface area contributed by atoms with Crippen molar-refractivity contribution in [1.82, 2.24) is 14.5 Å². The van der Waals surface area contributed by atoms with Gasteiger partial charge in [-0.1, -0.05) is 45.0 Å². The molecule has 0 unspecified atom stereocenters. The van der Waals surface area contributed by atoms with E-state index in [0.717, 1.165) is 34.4 Å². The summed E-state index contributed by atoms with van der Waals surface area (Å²) in [5, 5.41) is 0.453. The average molecular weight is 542 g/mol. The molecule has 198 valence electrons. The lowest BCUT2D eigenvalue weighted by Crippen LogP contribution is -2.26. The molecule has 0 amide bonds. The molecule has 0 aliphatic carbocycles. The van der Waals surface area contributed by atoms with Gasteiger partial charge in [0.1, 0.15) is 0 Å². The fourth-order valence-corrected chi connectivity index (χ4v) is 5.59. The van der Waals surface area contributed by atoms with Gasteiger partial charge in [-0.05, 0) is 28.7 Å². The molecule has 0 spiro atoms. The van der Waals surface area contributed by atoms with Gasteiger partial charge in [0.2, 0.25) is 0 Å². The van der Waals surface area contributed by atoms with Gasteiger partial charge in [0.05, 0.1) is 39.4 Å². The molecule has 0 aliphatic heterocycles. The second-order valence-electron chi connectivity index (χ2n) is 11.1. The number of hydrogen-bond donors (Lipinski definition) is 0. The van der Waals surface area contributed by atoms with Gasteiger partial charge >= 0.3 is 0 Å². The highest BCUT2D eigenvalue weighted by atomic mass is 19.2. The van der Waals surface area contributed by atoms with Crippen LogP contribution in [0.2, 0.25) is 0 Å². The average Bonchev–Trinajstić information content (AvgIpc) is 3.51. The molecule has 0 atom stereocenters. The summed E-state index contributed by atoms with van der Waals surface area (Å²) in [6, 6.07) is 11.2. The Labute approximate surface area is 223 Å². The molecule has 3 heterocycles. The van der Waals surface area contributed by atoms with Gasteiger partial charge in [0, 0.05) is 33.7 Å². The summed E-state index contributed by atoms with van der Waals surface area (Å²) in [5.74, 6) is -4.55. The molecule has 0 aliphatic rings. The Kier molecular flexibility index (Phi) is 4.84. The first-order valence-corrected chi connectivity index (χ1v) is 12.6. The maximum atomic E-state index is 14.4. The minimum absolute atomic E-state index is 0.0497. The second kappa shape index (κ2) is 7.94. The Bertz CT molecular complexity index is 2170. The summed E-state index contributed by atoms with van der Waals surface area (Å²) < 4.78 is 58.0. The van der Waals surface area contributed by atoms with Crippen molar-refractivity contribution in [2.75, 3.05) is 0 Å². The zero-order chi connectivity index (χ0) is 28.2. The van der Waals surface area contributed by atoms with Crippen molar-refractivity contribution in [2.45, 2.75) is 32.7 Å². The first-order chi connectivity index (χ1) is 18.9. The number of nitrogens with zero attached hydrogens (tertiary/aromatic N) is 3. The normalized spacial score (nSPS) is 12.7. The topological polar surface area (TPSA) is 64.8 Å². The Balaban J connectivity index is 1.63. The minimum atomic E-state index is -1.15. The van der Waals surface area contributed by atoms with Crippen molar-refractivity contribution in [2.24, 2.45) is 0 Å². The summed E-state index contributed by atoms with van der Waals surface area (Å²) in [4.78, 5) is 36.7. The predicted molar refractivity (Wildman–Crippen MR) is 147 cm³/mol. The van der Waals surface area contributed by atoms with E-state index >= 15 is 0 Å². The molecule has 4 aromatic carbocycles. The molecule has 0 saturated carbocycles. The molecular formula is C31H19F4N3O2. The zero-order valence-electron chi connectivity index (χ0n) is 21.5. The highest BCUT2D eigenvalue weighted by molar-refractivity contribution is 6.35. The van der Waals surface area contributed by atoms with Crippen LogP contribution in [0.1, 0.15) is 31.9 Å². The lowest BCUT2D eigenvalue weighted by atomic mass is 9.87. The molecule has 0 fully saturated rings. The molecular weight excluding hydrogens is 522 g/mol. The monoisotopic (exact) mass is 541 g/mol. The highest BCUT2D eigenvalue weighted by Crippen LogP contribution is 2.40. The smallest absolute Gasteiger partial charge is 0.262 e. The van der Waals surface area contributed by atoms with E-state index in [4.69, 9.17) is 0 Å². The van der Waals surface area contributed by atoms with E-state index in [9.17, 15) is 27.2 Å². The van der Waals surface area contributed by atoms with E-state index in [0.29, 0.717) is 5.56 Å². The van der Waals surface area contributed by atoms with Crippen LogP contribution in [0.4, 0.5) is 17.6 Å². The van der Waals surface area contributed by atoms with Gasteiger partial charge in [0.15, 0.2) is 23.3 Å². The first kappa shape index (κ1) is 24.4. The van der Waals surface area contributed by atoms with Gasteiger partial charge in [-0.15, -0.1) is 0 Å². The van der Waals surface area contributed by atoms with Crippen LogP contribution in [0.25, 0.3) is 54.4 Å². The SMILES string of the molecule is CC(C)(C)c1ccc(Cn2c(=O)c3c(c2=O)c2c4cc(F)c(F)cc4nc2c2nc4cc(F)c(F)cc4c23)cc1. The maximum absolute atomic E-state index is 14.4. The van der Waals surface area contributed by atoms with Crippen molar-refractivity contribution in [3.05, 3.63) is 104 Å². The largest absolute Gasteiger partial charge is 0.270 e. The third kappa shape index (κ3) is 3.27. The van der Waals surface area contributed by atoms with Crippen LogP contribution in [0.3, 0.4) is 0 Å². The molecule has 5 nitrogen and oxygen atoms in total. The standard InChI is InChI=1S/C31H19F4N3O2/c1-31(2,3)14-6-4-13(5-7-14)12-38-29(39)25-23-15-8-17(32)19(34)10-21(15)36-27(23)28-24(26(25)30(38)40)16-9-18(33)20(35)11-22(16)37-28/h4-11H,12H2,1-3H3.